The standard InChI is InChI=1S/C7H15N5O2S/c1-4-8-15(13,14)12(3)5-7-9-6(2)10-11-7/h8H,4-5H2,1-3H3,(H,9,10,11). The van der Waals surface area contributed by atoms with Crippen LogP contribution in [0.3, 0.4) is 0 Å². The van der Waals surface area contributed by atoms with Crippen LogP contribution in [0.15, 0.2) is 0 Å². The first kappa shape index (κ1) is 12.1. The highest BCUT2D eigenvalue weighted by atomic mass is 32.2. The molecule has 15 heavy (non-hydrogen) atoms. The summed E-state index contributed by atoms with van der Waals surface area (Å²) in [6.07, 6.45) is 0. The van der Waals surface area contributed by atoms with Crippen LogP contribution in [-0.4, -0.2) is 41.5 Å². The van der Waals surface area contributed by atoms with Gasteiger partial charge in [-0.15, -0.1) is 0 Å². The number of H-pyrrole nitrogens is 1. The number of nitrogens with one attached hydrogen (secondary N) is 2. The summed E-state index contributed by atoms with van der Waals surface area (Å²) in [5.41, 5.74) is 0. The maximum absolute atomic E-state index is 11.5. The number of hydrogen-bond acceptors (Lipinski definition) is 4. The third kappa shape index (κ3) is 3.26. The van der Waals surface area contributed by atoms with E-state index < -0.39 is 10.2 Å². The van der Waals surface area contributed by atoms with Gasteiger partial charge in [-0.25, -0.2) is 9.71 Å². The Morgan fingerprint density at radius 2 is 2.20 bits per heavy atom. The van der Waals surface area contributed by atoms with Crippen molar-refractivity contribution in [3.8, 4) is 0 Å². The number of nitrogens with zero attached hydrogens (tertiary/aromatic N) is 3. The molecular weight excluding hydrogens is 218 g/mol. The molecule has 2 N–H and O–H groups in total. The van der Waals surface area contributed by atoms with Gasteiger partial charge in [0.1, 0.15) is 5.82 Å². The maximum atomic E-state index is 11.5. The summed E-state index contributed by atoms with van der Waals surface area (Å²) in [5, 5.41) is 6.51. The van der Waals surface area contributed by atoms with Gasteiger partial charge in [-0.2, -0.15) is 17.8 Å². The van der Waals surface area contributed by atoms with E-state index in [-0.39, 0.29) is 6.54 Å². The molecule has 0 aliphatic rings. The van der Waals surface area contributed by atoms with Gasteiger partial charge in [0.2, 0.25) is 0 Å². The summed E-state index contributed by atoms with van der Waals surface area (Å²) >= 11 is 0. The molecule has 1 rings (SSSR count). The Hall–Kier alpha value is -0.990. The van der Waals surface area contributed by atoms with E-state index in [1.165, 1.54) is 11.4 Å². The first-order valence-electron chi connectivity index (χ1n) is 4.54. The lowest BCUT2D eigenvalue weighted by Gasteiger charge is -2.14. The number of aromatic nitrogens is 3. The fourth-order valence-electron chi connectivity index (χ4n) is 1.04. The molecule has 0 aliphatic carbocycles. The van der Waals surface area contributed by atoms with Crippen LogP contribution in [0.25, 0.3) is 0 Å². The Bertz CT molecular complexity index is 413. The van der Waals surface area contributed by atoms with E-state index in [1.54, 1.807) is 13.8 Å². The third-order valence-corrected chi connectivity index (χ3v) is 3.35. The van der Waals surface area contributed by atoms with E-state index >= 15 is 0 Å². The summed E-state index contributed by atoms with van der Waals surface area (Å²) in [6.45, 7) is 4.00. The average molecular weight is 233 g/mol. The van der Waals surface area contributed by atoms with Gasteiger partial charge in [0.05, 0.1) is 6.54 Å². The fraction of sp³-hybridized carbons (Fsp3) is 0.714. The number of hydrogen-bond donors (Lipinski definition) is 2. The highest BCUT2D eigenvalue weighted by Gasteiger charge is 2.17. The Morgan fingerprint density at radius 1 is 1.53 bits per heavy atom. The van der Waals surface area contributed by atoms with Gasteiger partial charge in [0, 0.05) is 13.6 Å². The predicted octanol–water partition coefficient (Wildman–Crippen LogP) is -0.601. The van der Waals surface area contributed by atoms with Crippen molar-refractivity contribution in [2.45, 2.75) is 20.4 Å². The SMILES string of the molecule is CCNS(=O)(=O)N(C)Cc1n[nH]c(C)n1. The van der Waals surface area contributed by atoms with Crippen molar-refractivity contribution < 1.29 is 8.42 Å². The summed E-state index contributed by atoms with van der Waals surface area (Å²) < 4.78 is 26.5. The van der Waals surface area contributed by atoms with Gasteiger partial charge in [0.25, 0.3) is 10.2 Å². The molecule has 0 radical (unpaired) electrons. The Kier molecular flexibility index (Phi) is 3.77. The van der Waals surface area contributed by atoms with Crippen LogP contribution in [0, 0.1) is 6.92 Å². The molecule has 0 amide bonds. The van der Waals surface area contributed by atoms with Crippen molar-refractivity contribution in [3.05, 3.63) is 11.6 Å². The van der Waals surface area contributed by atoms with Gasteiger partial charge in [-0.1, -0.05) is 6.92 Å². The van der Waals surface area contributed by atoms with Crippen LogP contribution in [0.4, 0.5) is 0 Å². The first-order chi connectivity index (χ1) is 6.95. The lowest BCUT2D eigenvalue weighted by Crippen LogP contribution is -2.37. The second-order valence-corrected chi connectivity index (χ2v) is 4.96. The van der Waals surface area contributed by atoms with Gasteiger partial charge >= 0.3 is 0 Å². The van der Waals surface area contributed by atoms with E-state index in [1.807, 2.05) is 0 Å². The molecule has 7 nitrogen and oxygen atoms in total. The van der Waals surface area contributed by atoms with E-state index in [0.717, 1.165) is 0 Å². The van der Waals surface area contributed by atoms with Crippen LogP contribution in [0.2, 0.25) is 0 Å². The largest absolute Gasteiger partial charge is 0.279 e. The molecular formula is C7H15N5O2S. The molecule has 0 aromatic carbocycles. The van der Waals surface area contributed by atoms with E-state index in [9.17, 15) is 8.42 Å². The van der Waals surface area contributed by atoms with Crippen LogP contribution in [-0.2, 0) is 16.8 Å². The molecule has 8 heteroatoms. The summed E-state index contributed by atoms with van der Waals surface area (Å²) in [4.78, 5) is 4.02. The lowest BCUT2D eigenvalue weighted by atomic mass is 10.6. The van der Waals surface area contributed by atoms with Crippen LogP contribution < -0.4 is 4.72 Å². The maximum Gasteiger partial charge on any atom is 0.279 e. The lowest BCUT2D eigenvalue weighted by molar-refractivity contribution is 0.447. The Labute approximate surface area is 89.1 Å². The van der Waals surface area contributed by atoms with Crippen molar-refractivity contribution in [2.24, 2.45) is 0 Å². The smallest absolute Gasteiger partial charge is 0.263 e. The van der Waals surface area contributed by atoms with Gasteiger partial charge < -0.3 is 0 Å². The van der Waals surface area contributed by atoms with Crippen LogP contribution in [0.5, 0.6) is 0 Å². The molecule has 0 atom stereocenters. The molecule has 0 saturated heterocycles. The highest BCUT2D eigenvalue weighted by molar-refractivity contribution is 7.87. The molecule has 1 heterocycles. The van der Waals surface area contributed by atoms with Crippen molar-refractivity contribution in [3.63, 3.8) is 0 Å². The number of aromatic amines is 1. The minimum atomic E-state index is -3.41. The molecule has 0 fully saturated rings. The number of aryl methyl sites for hydroxylation is 1. The molecule has 1 aromatic heterocycles. The Morgan fingerprint density at radius 3 is 2.67 bits per heavy atom. The zero-order valence-corrected chi connectivity index (χ0v) is 9.80. The normalized spacial score (nSPS) is 12.3. The molecule has 0 unspecified atom stereocenters. The van der Waals surface area contributed by atoms with Crippen LogP contribution >= 0.6 is 0 Å². The quantitative estimate of drug-likeness (QED) is 0.710. The van der Waals surface area contributed by atoms with Crippen molar-refractivity contribution >= 4 is 10.2 Å². The first-order valence-corrected chi connectivity index (χ1v) is 5.98. The Balaban J connectivity index is 2.67. The second kappa shape index (κ2) is 4.69. The van der Waals surface area contributed by atoms with Gasteiger partial charge in [0.15, 0.2) is 5.82 Å². The molecule has 86 valence electrons. The summed E-state index contributed by atoms with van der Waals surface area (Å²) in [6, 6.07) is 0. The fourth-order valence-corrected chi connectivity index (χ4v) is 1.91. The van der Waals surface area contributed by atoms with E-state index in [0.29, 0.717) is 18.2 Å². The van der Waals surface area contributed by atoms with Crippen LogP contribution in [0.1, 0.15) is 18.6 Å². The molecule has 0 aliphatic heterocycles. The zero-order chi connectivity index (χ0) is 11.5. The average Bonchev–Trinajstić information content (AvgIpc) is 2.51. The summed E-state index contributed by atoms with van der Waals surface area (Å²) in [5.74, 6) is 1.12. The van der Waals surface area contributed by atoms with Crippen molar-refractivity contribution in [2.75, 3.05) is 13.6 Å². The van der Waals surface area contributed by atoms with E-state index in [4.69, 9.17) is 0 Å². The van der Waals surface area contributed by atoms with Crippen molar-refractivity contribution in [1.29, 1.82) is 0 Å². The topological polar surface area (TPSA) is 91.0 Å². The second-order valence-electron chi connectivity index (χ2n) is 3.10. The monoisotopic (exact) mass is 233 g/mol. The molecule has 0 bridgehead atoms. The minimum Gasteiger partial charge on any atom is -0.263 e. The van der Waals surface area contributed by atoms with E-state index in [2.05, 4.69) is 19.9 Å². The predicted molar refractivity (Wildman–Crippen MR) is 55.2 cm³/mol. The third-order valence-electron chi connectivity index (χ3n) is 1.74. The molecule has 0 saturated carbocycles. The highest BCUT2D eigenvalue weighted by Crippen LogP contribution is 2.00. The molecule has 0 spiro atoms. The number of rotatable bonds is 5. The zero-order valence-electron chi connectivity index (χ0n) is 8.98. The van der Waals surface area contributed by atoms with Gasteiger partial charge in [-0.3, -0.25) is 5.10 Å². The molecule has 1 aromatic rings. The minimum absolute atomic E-state index is 0.152. The van der Waals surface area contributed by atoms with Crippen molar-refractivity contribution in [1.82, 2.24) is 24.2 Å². The van der Waals surface area contributed by atoms with Gasteiger partial charge in [-0.05, 0) is 6.92 Å². The summed E-state index contributed by atoms with van der Waals surface area (Å²) in [7, 11) is -1.93.